The molecule has 0 bridgehead atoms. The van der Waals surface area contributed by atoms with Gasteiger partial charge in [0, 0.05) is 6.07 Å². The molecule has 0 saturated heterocycles. The number of methoxy groups -OCH3 is 1. The second-order valence-electron chi connectivity index (χ2n) is 2.88. The van der Waals surface area contributed by atoms with Crippen molar-refractivity contribution >= 4 is 32.7 Å². The lowest BCUT2D eigenvalue weighted by Crippen LogP contribution is -2.00. The van der Waals surface area contributed by atoms with Crippen LogP contribution in [0.1, 0.15) is 10.4 Å². The molecule has 5 nitrogen and oxygen atoms in total. The number of esters is 1. The summed E-state index contributed by atoms with van der Waals surface area (Å²) in [6.07, 6.45) is 0. The first kappa shape index (κ1) is 9.72. The zero-order chi connectivity index (χ0) is 11.0. The number of nitrogen functional groups attached to an aromatic ring is 1. The molecule has 0 amide bonds. The molecule has 2 rings (SSSR count). The van der Waals surface area contributed by atoms with E-state index in [4.69, 9.17) is 5.73 Å². The first-order valence-corrected chi connectivity index (χ1v) is 4.91. The molecule has 15 heavy (non-hydrogen) atoms. The number of ether oxygens (including phenoxy) is 1. The Bertz CT molecular complexity index is 535. The lowest BCUT2D eigenvalue weighted by Gasteiger charge is -2.01. The van der Waals surface area contributed by atoms with Crippen LogP contribution in [0.15, 0.2) is 12.1 Å². The average Bonchev–Trinajstić information content (AvgIpc) is 2.55. The first-order chi connectivity index (χ1) is 7.11. The third-order valence-corrected chi connectivity index (χ3v) is 2.78. The van der Waals surface area contributed by atoms with Crippen LogP contribution in [0.3, 0.4) is 0 Å². The van der Waals surface area contributed by atoms with E-state index in [2.05, 4.69) is 9.72 Å². The maximum absolute atomic E-state index is 11.3. The van der Waals surface area contributed by atoms with Crippen LogP contribution >= 0.6 is 11.3 Å². The SMILES string of the molecule is COC(=O)c1cc2sc(N)nc2cc1O. The van der Waals surface area contributed by atoms with Gasteiger partial charge in [-0.1, -0.05) is 11.3 Å². The normalized spacial score (nSPS) is 10.5. The van der Waals surface area contributed by atoms with Crippen LogP contribution in [0.25, 0.3) is 10.2 Å². The number of aromatic hydroxyl groups is 1. The number of anilines is 1. The number of hydrogen-bond acceptors (Lipinski definition) is 6. The Hall–Kier alpha value is -1.82. The van der Waals surface area contributed by atoms with Crippen LogP contribution in [0.2, 0.25) is 0 Å². The molecule has 1 heterocycles. The third-order valence-electron chi connectivity index (χ3n) is 1.93. The third kappa shape index (κ3) is 1.59. The number of carbonyl (C=O) groups is 1. The number of phenolic OH excluding ortho intramolecular Hbond substituents is 1. The van der Waals surface area contributed by atoms with E-state index < -0.39 is 5.97 Å². The van der Waals surface area contributed by atoms with E-state index in [1.54, 1.807) is 0 Å². The van der Waals surface area contributed by atoms with Crippen LogP contribution in [0.4, 0.5) is 5.13 Å². The van der Waals surface area contributed by atoms with Gasteiger partial charge in [-0.25, -0.2) is 9.78 Å². The van der Waals surface area contributed by atoms with Gasteiger partial charge in [-0.05, 0) is 6.07 Å². The van der Waals surface area contributed by atoms with Crippen molar-refractivity contribution in [2.45, 2.75) is 0 Å². The molecule has 0 atom stereocenters. The summed E-state index contributed by atoms with van der Waals surface area (Å²) < 4.78 is 5.27. The molecule has 0 aliphatic rings. The number of hydrogen-bond donors (Lipinski definition) is 2. The van der Waals surface area contributed by atoms with Gasteiger partial charge in [0.1, 0.15) is 11.3 Å². The number of benzene rings is 1. The van der Waals surface area contributed by atoms with Crippen LogP contribution in [0.5, 0.6) is 5.75 Å². The molecule has 0 aliphatic carbocycles. The van der Waals surface area contributed by atoms with E-state index in [1.807, 2.05) is 0 Å². The molecule has 0 radical (unpaired) electrons. The van der Waals surface area contributed by atoms with E-state index in [1.165, 1.54) is 30.6 Å². The van der Waals surface area contributed by atoms with Crippen LogP contribution in [0, 0.1) is 0 Å². The number of fused-ring (bicyclic) bond motifs is 1. The Morgan fingerprint density at radius 2 is 2.33 bits per heavy atom. The number of nitrogens with two attached hydrogens (primary N) is 1. The van der Waals surface area contributed by atoms with Crippen LogP contribution in [-0.2, 0) is 4.74 Å². The summed E-state index contributed by atoms with van der Waals surface area (Å²) in [7, 11) is 1.26. The largest absolute Gasteiger partial charge is 0.507 e. The lowest BCUT2D eigenvalue weighted by molar-refractivity contribution is 0.0597. The molecule has 2 aromatic rings. The van der Waals surface area contributed by atoms with Gasteiger partial charge in [0.25, 0.3) is 0 Å². The van der Waals surface area contributed by atoms with Crippen LogP contribution in [-0.4, -0.2) is 23.2 Å². The van der Waals surface area contributed by atoms with Crippen molar-refractivity contribution in [2.75, 3.05) is 12.8 Å². The molecule has 0 saturated carbocycles. The van der Waals surface area contributed by atoms with E-state index >= 15 is 0 Å². The fraction of sp³-hybridized carbons (Fsp3) is 0.111. The van der Waals surface area contributed by atoms with Gasteiger partial charge in [-0.3, -0.25) is 0 Å². The highest BCUT2D eigenvalue weighted by Crippen LogP contribution is 2.30. The van der Waals surface area contributed by atoms with Crippen molar-refractivity contribution < 1.29 is 14.6 Å². The summed E-state index contributed by atoms with van der Waals surface area (Å²) in [5.41, 5.74) is 6.20. The number of thiazole rings is 1. The monoisotopic (exact) mass is 224 g/mol. The highest BCUT2D eigenvalue weighted by Gasteiger charge is 2.14. The summed E-state index contributed by atoms with van der Waals surface area (Å²) in [5.74, 6) is -0.735. The molecular weight excluding hydrogens is 216 g/mol. The minimum atomic E-state index is -0.582. The van der Waals surface area contributed by atoms with Gasteiger partial charge < -0.3 is 15.6 Å². The highest BCUT2D eigenvalue weighted by atomic mass is 32.1. The summed E-state index contributed by atoms with van der Waals surface area (Å²) in [6.45, 7) is 0. The molecule has 1 aromatic heterocycles. The topological polar surface area (TPSA) is 85.4 Å². The van der Waals surface area contributed by atoms with E-state index in [9.17, 15) is 9.90 Å². The first-order valence-electron chi connectivity index (χ1n) is 4.09. The molecule has 0 spiro atoms. The summed E-state index contributed by atoms with van der Waals surface area (Å²) in [6, 6.07) is 2.92. The maximum Gasteiger partial charge on any atom is 0.341 e. The molecule has 0 unspecified atom stereocenters. The zero-order valence-electron chi connectivity index (χ0n) is 7.85. The lowest BCUT2D eigenvalue weighted by atomic mass is 10.2. The van der Waals surface area contributed by atoms with Gasteiger partial charge in [0.2, 0.25) is 0 Å². The van der Waals surface area contributed by atoms with Crippen molar-refractivity contribution in [3.05, 3.63) is 17.7 Å². The second-order valence-corrected chi connectivity index (χ2v) is 3.94. The number of phenols is 1. The predicted octanol–water partition coefficient (Wildman–Crippen LogP) is 1.37. The smallest absolute Gasteiger partial charge is 0.341 e. The van der Waals surface area contributed by atoms with Crippen molar-refractivity contribution in [3.8, 4) is 5.75 Å². The molecule has 6 heteroatoms. The molecule has 0 fully saturated rings. The number of carbonyl (C=O) groups excluding carboxylic acids is 1. The number of nitrogens with zero attached hydrogens (tertiary/aromatic N) is 1. The standard InChI is InChI=1S/C9H8N2O3S/c1-14-8(13)4-2-7-5(3-6(4)12)11-9(10)15-7/h2-3,12H,1H3,(H2,10,11). The zero-order valence-corrected chi connectivity index (χ0v) is 8.67. The minimum absolute atomic E-state index is 0.119. The number of aromatic nitrogens is 1. The van der Waals surface area contributed by atoms with Crippen molar-refractivity contribution in [2.24, 2.45) is 0 Å². The summed E-state index contributed by atoms with van der Waals surface area (Å²) >= 11 is 1.25. The Kier molecular flexibility index (Phi) is 2.20. The molecular formula is C9H8N2O3S. The van der Waals surface area contributed by atoms with Gasteiger partial charge in [-0.15, -0.1) is 0 Å². The molecule has 78 valence electrons. The average molecular weight is 224 g/mol. The van der Waals surface area contributed by atoms with Gasteiger partial charge in [0.15, 0.2) is 5.13 Å². The Balaban J connectivity index is 2.66. The van der Waals surface area contributed by atoms with E-state index in [0.717, 1.165) is 4.70 Å². The molecule has 0 aliphatic heterocycles. The predicted molar refractivity (Wildman–Crippen MR) is 57.0 cm³/mol. The fourth-order valence-corrected chi connectivity index (χ4v) is 2.01. The van der Waals surface area contributed by atoms with Crippen molar-refractivity contribution in [1.82, 2.24) is 4.98 Å². The van der Waals surface area contributed by atoms with Gasteiger partial charge in [0.05, 0.1) is 17.3 Å². The summed E-state index contributed by atoms with van der Waals surface area (Å²) in [4.78, 5) is 15.2. The second kappa shape index (κ2) is 3.39. The minimum Gasteiger partial charge on any atom is -0.507 e. The van der Waals surface area contributed by atoms with E-state index in [-0.39, 0.29) is 11.3 Å². The van der Waals surface area contributed by atoms with Gasteiger partial charge >= 0.3 is 5.97 Å². The van der Waals surface area contributed by atoms with Gasteiger partial charge in [-0.2, -0.15) is 0 Å². The quantitative estimate of drug-likeness (QED) is 0.714. The Morgan fingerprint density at radius 3 is 3.00 bits per heavy atom. The van der Waals surface area contributed by atoms with Crippen LogP contribution < -0.4 is 5.73 Å². The summed E-state index contributed by atoms with van der Waals surface area (Å²) in [5, 5.41) is 9.94. The van der Waals surface area contributed by atoms with E-state index in [0.29, 0.717) is 10.6 Å². The molecule has 3 N–H and O–H groups in total. The Morgan fingerprint density at radius 1 is 1.60 bits per heavy atom. The molecule has 1 aromatic carbocycles. The van der Waals surface area contributed by atoms with Crippen molar-refractivity contribution in [3.63, 3.8) is 0 Å². The number of rotatable bonds is 1. The fourth-order valence-electron chi connectivity index (χ4n) is 1.25. The Labute approximate surface area is 89.1 Å². The highest BCUT2D eigenvalue weighted by molar-refractivity contribution is 7.22. The van der Waals surface area contributed by atoms with Crippen molar-refractivity contribution in [1.29, 1.82) is 0 Å². The maximum atomic E-state index is 11.3.